The van der Waals surface area contributed by atoms with Crippen LogP contribution in [-0.2, 0) is 10.0 Å². The van der Waals surface area contributed by atoms with E-state index in [1.807, 2.05) is 4.72 Å². The van der Waals surface area contributed by atoms with E-state index in [4.69, 9.17) is 11.6 Å². The topological polar surface area (TPSA) is 121 Å². The molecule has 0 saturated carbocycles. The lowest BCUT2D eigenvalue weighted by Crippen LogP contribution is -2.33. The molecule has 0 aliphatic carbocycles. The third kappa shape index (κ3) is 4.31. The number of aromatic amines is 1. The zero-order valence-electron chi connectivity index (χ0n) is 16.0. The Bertz CT molecular complexity index is 1480. The van der Waals surface area contributed by atoms with E-state index in [2.05, 4.69) is 15.5 Å². The number of sulfonamides is 1. The normalized spacial score (nSPS) is 11.4. The lowest BCUT2D eigenvalue weighted by atomic mass is 10.1. The van der Waals surface area contributed by atoms with E-state index in [0.717, 1.165) is 16.2 Å². The summed E-state index contributed by atoms with van der Waals surface area (Å²) in [6, 6.07) is 13.5. The van der Waals surface area contributed by atoms with Crippen LogP contribution >= 0.6 is 22.9 Å². The van der Waals surface area contributed by atoms with Crippen molar-refractivity contribution in [1.82, 2.24) is 14.9 Å². The van der Waals surface area contributed by atoms with Gasteiger partial charge in [0.05, 0.1) is 10.5 Å². The molecule has 2 aromatic carbocycles. The monoisotopic (exact) mass is 474 g/mol. The fourth-order valence-electron chi connectivity index (χ4n) is 2.93. The number of hydrogen-bond acceptors (Lipinski definition) is 6. The van der Waals surface area contributed by atoms with Crippen LogP contribution in [0.3, 0.4) is 0 Å². The van der Waals surface area contributed by atoms with E-state index >= 15 is 0 Å². The molecule has 3 N–H and O–H groups in total. The first-order chi connectivity index (χ1) is 14.7. The second-order valence-electron chi connectivity index (χ2n) is 6.57. The van der Waals surface area contributed by atoms with Crippen molar-refractivity contribution in [3.05, 3.63) is 74.7 Å². The van der Waals surface area contributed by atoms with Crippen molar-refractivity contribution < 1.29 is 13.2 Å². The summed E-state index contributed by atoms with van der Waals surface area (Å²) in [6.45, 7) is 1.77. The lowest BCUT2D eigenvalue weighted by Gasteiger charge is -2.10. The minimum absolute atomic E-state index is 0.0372. The van der Waals surface area contributed by atoms with Crippen molar-refractivity contribution in [3.8, 4) is 11.3 Å². The Balaban J connectivity index is 1.56. The number of aromatic nitrogens is 2. The molecule has 0 saturated heterocycles. The SMILES string of the molecule is Cc1ccc(S(=O)(=O)NC(=O)Nc2ccc(-c3n[nH]c4ccccc4c3=O)c(Cl)c2)s1. The molecule has 0 radical (unpaired) electrons. The number of nitrogens with zero attached hydrogens (tertiary/aromatic N) is 1. The van der Waals surface area contributed by atoms with E-state index in [1.54, 1.807) is 37.3 Å². The minimum Gasteiger partial charge on any atom is -0.307 e. The van der Waals surface area contributed by atoms with Gasteiger partial charge in [-0.3, -0.25) is 9.89 Å². The van der Waals surface area contributed by atoms with Gasteiger partial charge in [-0.1, -0.05) is 23.7 Å². The standard InChI is InChI=1S/C20H15ClN4O4S2/c1-11-6-9-17(30-11)31(28,29)25-20(27)22-12-7-8-13(15(21)10-12)18-19(26)14-4-2-3-5-16(14)23-24-18/h2-10H,1H3,(H,23,26)(H2,22,25,27). The zero-order valence-corrected chi connectivity index (χ0v) is 18.4. The molecule has 0 bridgehead atoms. The molecule has 2 aromatic heterocycles. The minimum atomic E-state index is -3.98. The van der Waals surface area contributed by atoms with Gasteiger partial charge in [-0.15, -0.1) is 11.3 Å². The van der Waals surface area contributed by atoms with Gasteiger partial charge in [-0.2, -0.15) is 5.10 Å². The van der Waals surface area contributed by atoms with Gasteiger partial charge in [-0.25, -0.2) is 17.9 Å². The molecule has 158 valence electrons. The second-order valence-corrected chi connectivity index (χ2v) is 10.2. The van der Waals surface area contributed by atoms with Crippen LogP contribution in [0.1, 0.15) is 4.88 Å². The van der Waals surface area contributed by atoms with Crippen LogP contribution in [0.5, 0.6) is 0 Å². The first-order valence-corrected chi connectivity index (χ1v) is 11.6. The smallest absolute Gasteiger partial charge is 0.307 e. The molecule has 4 rings (SSSR count). The van der Waals surface area contributed by atoms with E-state index in [-0.39, 0.29) is 26.0 Å². The number of carbonyl (C=O) groups excluding carboxylic acids is 1. The third-order valence-electron chi connectivity index (χ3n) is 4.36. The van der Waals surface area contributed by atoms with Crippen molar-refractivity contribution in [1.29, 1.82) is 0 Å². The van der Waals surface area contributed by atoms with E-state index in [0.29, 0.717) is 16.5 Å². The average Bonchev–Trinajstić information content (AvgIpc) is 3.16. The number of halogens is 1. The van der Waals surface area contributed by atoms with Gasteiger partial charge in [0.25, 0.3) is 10.0 Å². The van der Waals surface area contributed by atoms with E-state index < -0.39 is 16.1 Å². The summed E-state index contributed by atoms with van der Waals surface area (Å²) < 4.78 is 26.5. The van der Waals surface area contributed by atoms with Crippen LogP contribution in [0.4, 0.5) is 10.5 Å². The van der Waals surface area contributed by atoms with Crippen molar-refractivity contribution in [2.75, 3.05) is 5.32 Å². The van der Waals surface area contributed by atoms with Gasteiger partial charge in [0.1, 0.15) is 9.90 Å². The molecule has 0 unspecified atom stereocenters. The summed E-state index contributed by atoms with van der Waals surface area (Å²) in [7, 11) is -3.98. The molecule has 2 amide bonds. The van der Waals surface area contributed by atoms with Crippen LogP contribution in [0.15, 0.2) is 63.6 Å². The van der Waals surface area contributed by atoms with Gasteiger partial charge in [0, 0.05) is 21.5 Å². The van der Waals surface area contributed by atoms with Crippen LogP contribution in [-0.4, -0.2) is 24.6 Å². The number of rotatable bonds is 4. The summed E-state index contributed by atoms with van der Waals surface area (Å²) in [5.74, 6) is 0. The number of amides is 2. The fraction of sp³-hybridized carbons (Fsp3) is 0.0500. The first kappa shape index (κ1) is 21.0. The zero-order chi connectivity index (χ0) is 22.2. The number of aryl methyl sites for hydroxylation is 1. The van der Waals surface area contributed by atoms with Gasteiger partial charge in [0.2, 0.25) is 5.43 Å². The Labute approximate surface area is 185 Å². The van der Waals surface area contributed by atoms with E-state index in [1.165, 1.54) is 24.3 Å². The number of hydrogen-bond donors (Lipinski definition) is 3. The number of para-hydroxylation sites is 1. The summed E-state index contributed by atoms with van der Waals surface area (Å²) in [6.07, 6.45) is 0. The van der Waals surface area contributed by atoms with Crippen LogP contribution in [0.25, 0.3) is 22.2 Å². The van der Waals surface area contributed by atoms with Crippen molar-refractivity contribution in [2.24, 2.45) is 0 Å². The van der Waals surface area contributed by atoms with Crippen LogP contribution in [0.2, 0.25) is 5.02 Å². The maximum atomic E-state index is 12.8. The summed E-state index contributed by atoms with van der Waals surface area (Å²) in [5.41, 5.74) is 1.08. The molecule has 4 aromatic rings. The number of fused-ring (bicyclic) bond motifs is 1. The predicted octanol–water partition coefficient (Wildman–Crippen LogP) is 4.12. The Morgan fingerprint density at radius 3 is 2.61 bits per heavy atom. The maximum absolute atomic E-state index is 12.8. The number of anilines is 1. The largest absolute Gasteiger partial charge is 0.333 e. The number of thiophene rings is 1. The highest BCUT2D eigenvalue weighted by molar-refractivity contribution is 7.92. The second kappa shape index (κ2) is 8.14. The van der Waals surface area contributed by atoms with Crippen molar-refractivity contribution in [2.45, 2.75) is 11.1 Å². The fourth-order valence-corrected chi connectivity index (χ4v) is 5.39. The molecule has 0 spiro atoms. The highest BCUT2D eigenvalue weighted by atomic mass is 35.5. The Morgan fingerprint density at radius 1 is 1.13 bits per heavy atom. The number of benzene rings is 2. The molecule has 0 atom stereocenters. The van der Waals surface area contributed by atoms with Crippen LogP contribution in [0, 0.1) is 6.92 Å². The molecule has 0 aliphatic heterocycles. The molecule has 8 nitrogen and oxygen atoms in total. The first-order valence-electron chi connectivity index (χ1n) is 8.92. The summed E-state index contributed by atoms with van der Waals surface area (Å²) in [4.78, 5) is 25.7. The van der Waals surface area contributed by atoms with Gasteiger partial charge < -0.3 is 5.32 Å². The maximum Gasteiger partial charge on any atom is 0.333 e. The van der Waals surface area contributed by atoms with Crippen molar-refractivity contribution in [3.63, 3.8) is 0 Å². The Hall–Kier alpha value is -3.21. The number of nitrogens with one attached hydrogen (secondary N) is 3. The van der Waals surface area contributed by atoms with Gasteiger partial charge >= 0.3 is 6.03 Å². The van der Waals surface area contributed by atoms with Crippen LogP contribution < -0.4 is 15.5 Å². The molecule has 31 heavy (non-hydrogen) atoms. The molecular formula is C20H15ClN4O4S2. The summed E-state index contributed by atoms with van der Waals surface area (Å²) in [5, 5.41) is 10.00. The highest BCUT2D eigenvalue weighted by Gasteiger charge is 2.20. The van der Waals surface area contributed by atoms with E-state index in [9.17, 15) is 18.0 Å². The third-order valence-corrected chi connectivity index (χ3v) is 7.50. The molecule has 11 heteroatoms. The van der Waals surface area contributed by atoms with Gasteiger partial charge in [0.15, 0.2) is 0 Å². The Morgan fingerprint density at radius 2 is 1.90 bits per heavy atom. The van der Waals surface area contributed by atoms with Gasteiger partial charge in [-0.05, 0) is 49.4 Å². The molecular weight excluding hydrogens is 460 g/mol. The quantitative estimate of drug-likeness (QED) is 0.410. The predicted molar refractivity (Wildman–Crippen MR) is 121 cm³/mol. The highest BCUT2D eigenvalue weighted by Crippen LogP contribution is 2.28. The summed E-state index contributed by atoms with van der Waals surface area (Å²) >= 11 is 7.38. The number of urea groups is 1. The van der Waals surface area contributed by atoms with Crippen molar-refractivity contribution >= 4 is 55.6 Å². The molecule has 2 heterocycles. The number of carbonyl (C=O) groups is 1. The lowest BCUT2D eigenvalue weighted by molar-refractivity contribution is 0.256. The molecule has 0 aliphatic rings. The average molecular weight is 475 g/mol. The number of H-pyrrole nitrogens is 1. The molecule has 0 fully saturated rings. The Kier molecular flexibility index (Phi) is 5.52.